The van der Waals surface area contributed by atoms with Gasteiger partial charge in [-0.1, -0.05) is 23.8 Å². The van der Waals surface area contributed by atoms with Crippen LogP contribution in [0.1, 0.15) is 24.2 Å². The lowest BCUT2D eigenvalue weighted by Crippen LogP contribution is -2.21. The zero-order valence-corrected chi connectivity index (χ0v) is 13.5. The zero-order chi connectivity index (χ0) is 16.7. The first-order valence-electron chi connectivity index (χ1n) is 7.30. The van der Waals surface area contributed by atoms with E-state index in [9.17, 15) is 9.18 Å². The van der Waals surface area contributed by atoms with Crippen molar-refractivity contribution in [3.05, 3.63) is 52.2 Å². The molecule has 0 aliphatic carbocycles. The average molecular weight is 345 g/mol. The molecule has 24 heavy (non-hydrogen) atoms. The maximum absolute atomic E-state index is 13.3. The van der Waals surface area contributed by atoms with E-state index >= 15 is 0 Å². The van der Waals surface area contributed by atoms with Gasteiger partial charge in [0.05, 0.1) is 6.20 Å². The Morgan fingerprint density at radius 3 is 3.08 bits per heavy atom. The van der Waals surface area contributed by atoms with Gasteiger partial charge >= 0.3 is 0 Å². The van der Waals surface area contributed by atoms with Gasteiger partial charge in [0.1, 0.15) is 11.4 Å². The number of halogens is 1. The standard InChI is InChI=1S/C15H12FN5O2S/c1-8(9-4-10(16)6-17-5-9)12-19-13(23-20-12)11-7-18-15-21(14(11)22)2-3-24-15/h4-8H,2-3H2,1H3. The summed E-state index contributed by atoms with van der Waals surface area (Å²) in [5.74, 6) is 0.556. The second-order valence-electron chi connectivity index (χ2n) is 5.38. The maximum Gasteiger partial charge on any atom is 0.267 e. The minimum absolute atomic E-state index is 0.117. The lowest BCUT2D eigenvalue weighted by molar-refractivity contribution is 0.419. The Hall–Kier alpha value is -2.55. The summed E-state index contributed by atoms with van der Waals surface area (Å²) in [7, 11) is 0. The van der Waals surface area contributed by atoms with Crippen LogP contribution in [-0.4, -0.2) is 30.4 Å². The molecule has 9 heteroatoms. The zero-order valence-electron chi connectivity index (χ0n) is 12.6. The van der Waals surface area contributed by atoms with Gasteiger partial charge in [0.2, 0.25) is 0 Å². The normalized spacial score (nSPS) is 14.6. The first kappa shape index (κ1) is 15.0. The van der Waals surface area contributed by atoms with E-state index < -0.39 is 5.82 Å². The molecule has 0 fully saturated rings. The van der Waals surface area contributed by atoms with Crippen molar-refractivity contribution in [3.8, 4) is 11.5 Å². The Bertz CT molecular complexity index is 970. The molecule has 0 saturated heterocycles. The molecular formula is C15H12FN5O2S. The second-order valence-corrected chi connectivity index (χ2v) is 6.44. The van der Waals surface area contributed by atoms with Crippen LogP contribution < -0.4 is 5.56 Å². The molecule has 4 heterocycles. The van der Waals surface area contributed by atoms with E-state index in [4.69, 9.17) is 4.52 Å². The van der Waals surface area contributed by atoms with Crippen molar-refractivity contribution in [2.24, 2.45) is 0 Å². The van der Waals surface area contributed by atoms with Crippen molar-refractivity contribution < 1.29 is 8.91 Å². The lowest BCUT2D eigenvalue weighted by atomic mass is 10.0. The Labute approximate surface area is 140 Å². The Morgan fingerprint density at radius 2 is 2.25 bits per heavy atom. The van der Waals surface area contributed by atoms with Gasteiger partial charge in [-0.3, -0.25) is 14.3 Å². The molecule has 1 atom stereocenters. The highest BCUT2D eigenvalue weighted by Gasteiger charge is 2.22. The third-order valence-electron chi connectivity index (χ3n) is 3.84. The van der Waals surface area contributed by atoms with Crippen LogP contribution in [0, 0.1) is 5.82 Å². The fraction of sp³-hybridized carbons (Fsp3) is 0.267. The molecule has 1 aliphatic rings. The summed E-state index contributed by atoms with van der Waals surface area (Å²) in [5, 5.41) is 4.61. The van der Waals surface area contributed by atoms with Crippen molar-refractivity contribution in [2.45, 2.75) is 24.5 Å². The summed E-state index contributed by atoms with van der Waals surface area (Å²) in [4.78, 5) is 24.8. The molecule has 0 radical (unpaired) electrons. The van der Waals surface area contributed by atoms with Gasteiger partial charge in [0.15, 0.2) is 11.0 Å². The van der Waals surface area contributed by atoms with Gasteiger partial charge in [-0.05, 0) is 11.6 Å². The number of pyridine rings is 1. The van der Waals surface area contributed by atoms with Crippen LogP contribution in [0.5, 0.6) is 0 Å². The van der Waals surface area contributed by atoms with Gasteiger partial charge in [0, 0.05) is 30.6 Å². The van der Waals surface area contributed by atoms with Crippen LogP contribution in [-0.2, 0) is 6.54 Å². The summed E-state index contributed by atoms with van der Waals surface area (Å²) in [6, 6.07) is 1.37. The Kier molecular flexibility index (Phi) is 3.64. The smallest absolute Gasteiger partial charge is 0.267 e. The molecule has 0 saturated carbocycles. The van der Waals surface area contributed by atoms with Crippen molar-refractivity contribution in [2.75, 3.05) is 5.75 Å². The topological polar surface area (TPSA) is 86.7 Å². The van der Waals surface area contributed by atoms with Gasteiger partial charge in [0.25, 0.3) is 11.4 Å². The fourth-order valence-corrected chi connectivity index (χ4v) is 3.41. The first-order chi connectivity index (χ1) is 11.6. The SMILES string of the molecule is CC(c1cncc(F)c1)c1noc(-c2cnc3n(c2=O)CCS3)n1. The van der Waals surface area contributed by atoms with E-state index in [-0.39, 0.29) is 22.9 Å². The lowest BCUT2D eigenvalue weighted by Gasteiger charge is -2.05. The highest BCUT2D eigenvalue weighted by Crippen LogP contribution is 2.25. The molecule has 0 bridgehead atoms. The number of rotatable bonds is 3. The first-order valence-corrected chi connectivity index (χ1v) is 8.29. The maximum atomic E-state index is 13.3. The van der Waals surface area contributed by atoms with Crippen LogP contribution in [0.4, 0.5) is 4.39 Å². The van der Waals surface area contributed by atoms with E-state index in [1.165, 1.54) is 24.0 Å². The molecular weight excluding hydrogens is 333 g/mol. The number of thioether (sulfide) groups is 1. The molecule has 122 valence electrons. The van der Waals surface area contributed by atoms with E-state index in [1.807, 2.05) is 6.92 Å². The Morgan fingerprint density at radius 1 is 1.38 bits per heavy atom. The summed E-state index contributed by atoms with van der Waals surface area (Å²) >= 11 is 1.54. The van der Waals surface area contributed by atoms with Gasteiger partial charge in [-0.2, -0.15) is 4.98 Å². The average Bonchev–Trinajstić information content (AvgIpc) is 3.24. The number of hydrogen-bond acceptors (Lipinski definition) is 7. The van der Waals surface area contributed by atoms with Crippen LogP contribution in [0.3, 0.4) is 0 Å². The molecule has 1 unspecified atom stereocenters. The van der Waals surface area contributed by atoms with E-state index in [0.717, 1.165) is 11.9 Å². The fourth-order valence-electron chi connectivity index (χ4n) is 2.50. The van der Waals surface area contributed by atoms with Crippen molar-refractivity contribution in [1.82, 2.24) is 24.7 Å². The second kappa shape index (κ2) is 5.82. The van der Waals surface area contributed by atoms with Crippen molar-refractivity contribution >= 4 is 11.8 Å². The van der Waals surface area contributed by atoms with Crippen molar-refractivity contribution in [1.29, 1.82) is 0 Å². The molecule has 0 amide bonds. The molecule has 0 spiro atoms. The summed E-state index contributed by atoms with van der Waals surface area (Å²) in [6.45, 7) is 2.43. The molecule has 4 rings (SSSR count). The third kappa shape index (κ3) is 2.50. The Balaban J connectivity index is 1.70. The molecule has 7 nitrogen and oxygen atoms in total. The van der Waals surface area contributed by atoms with Crippen LogP contribution in [0.2, 0.25) is 0 Å². The van der Waals surface area contributed by atoms with E-state index in [2.05, 4.69) is 20.1 Å². The predicted octanol–water partition coefficient (Wildman–Crippen LogP) is 2.08. The predicted molar refractivity (Wildman–Crippen MR) is 84.2 cm³/mol. The summed E-state index contributed by atoms with van der Waals surface area (Å²) in [6.07, 6.45) is 4.14. The molecule has 0 aromatic carbocycles. The molecule has 3 aromatic heterocycles. The molecule has 3 aromatic rings. The number of nitrogens with zero attached hydrogens (tertiary/aromatic N) is 5. The minimum Gasteiger partial charge on any atom is -0.334 e. The monoisotopic (exact) mass is 345 g/mol. The number of aromatic nitrogens is 5. The van der Waals surface area contributed by atoms with Crippen LogP contribution >= 0.6 is 11.8 Å². The third-order valence-corrected chi connectivity index (χ3v) is 4.81. The largest absolute Gasteiger partial charge is 0.334 e. The summed E-state index contributed by atoms with van der Waals surface area (Å²) < 4.78 is 20.1. The highest BCUT2D eigenvalue weighted by atomic mass is 32.2. The van der Waals surface area contributed by atoms with Crippen LogP contribution in [0.15, 0.2) is 39.1 Å². The van der Waals surface area contributed by atoms with Gasteiger partial charge < -0.3 is 4.52 Å². The summed E-state index contributed by atoms with van der Waals surface area (Å²) in [5.41, 5.74) is 0.701. The highest BCUT2D eigenvalue weighted by molar-refractivity contribution is 7.99. The van der Waals surface area contributed by atoms with E-state index in [1.54, 1.807) is 10.8 Å². The van der Waals surface area contributed by atoms with E-state index in [0.29, 0.717) is 23.1 Å². The number of fused-ring (bicyclic) bond motifs is 1. The van der Waals surface area contributed by atoms with Crippen molar-refractivity contribution in [3.63, 3.8) is 0 Å². The number of hydrogen-bond donors (Lipinski definition) is 0. The molecule has 0 N–H and O–H groups in total. The van der Waals surface area contributed by atoms with Gasteiger partial charge in [-0.15, -0.1) is 0 Å². The van der Waals surface area contributed by atoms with Crippen LogP contribution in [0.25, 0.3) is 11.5 Å². The minimum atomic E-state index is -0.429. The van der Waals surface area contributed by atoms with Gasteiger partial charge in [-0.25, -0.2) is 9.37 Å². The molecule has 1 aliphatic heterocycles. The quantitative estimate of drug-likeness (QED) is 0.672.